The molecule has 0 spiro atoms. The number of allylic oxidation sites excluding steroid dienone is 7. The second kappa shape index (κ2) is 59.9. The summed E-state index contributed by atoms with van der Waals surface area (Å²) >= 11 is 0. The highest BCUT2D eigenvalue weighted by Gasteiger charge is 2.22. The van der Waals surface area contributed by atoms with Crippen LogP contribution in [0.1, 0.15) is 335 Å². The quantitative estimate of drug-likeness (QED) is 0.0361. The molecule has 3 atom stereocenters. The summed E-state index contributed by atoms with van der Waals surface area (Å²) in [6.45, 7) is 4.20. The molecule has 0 rings (SSSR count). The highest BCUT2D eigenvalue weighted by molar-refractivity contribution is 5.80. The number of aliphatic hydroxyl groups excluding tert-OH is 3. The molecular weight excluding hydrogens is 859 g/mol. The van der Waals surface area contributed by atoms with Crippen molar-refractivity contribution in [2.75, 3.05) is 6.61 Å². The van der Waals surface area contributed by atoms with Gasteiger partial charge >= 0.3 is 0 Å². The van der Waals surface area contributed by atoms with E-state index in [2.05, 4.69) is 55.6 Å². The van der Waals surface area contributed by atoms with Crippen LogP contribution in [0.4, 0.5) is 0 Å². The molecule has 4 N–H and O–H groups in total. The van der Waals surface area contributed by atoms with Gasteiger partial charge in [-0.3, -0.25) is 4.79 Å². The van der Waals surface area contributed by atoms with Crippen molar-refractivity contribution in [1.82, 2.24) is 5.32 Å². The van der Waals surface area contributed by atoms with E-state index in [0.29, 0.717) is 6.42 Å². The minimum Gasteiger partial charge on any atom is -0.394 e. The molecule has 1 amide bonds. The van der Waals surface area contributed by atoms with Crippen LogP contribution in [0, 0.1) is 0 Å². The van der Waals surface area contributed by atoms with Gasteiger partial charge in [0.1, 0.15) is 6.10 Å². The normalized spacial score (nSPS) is 13.5. The highest BCUT2D eigenvalue weighted by Crippen LogP contribution is 2.18. The van der Waals surface area contributed by atoms with Crippen molar-refractivity contribution in [2.24, 2.45) is 0 Å². The van der Waals surface area contributed by atoms with E-state index in [1.165, 1.54) is 270 Å². The van der Waals surface area contributed by atoms with Gasteiger partial charge in [-0.15, -0.1) is 0 Å². The molecule has 0 saturated carbocycles. The van der Waals surface area contributed by atoms with Gasteiger partial charge in [0.15, 0.2) is 0 Å². The molecule has 0 aromatic carbocycles. The molecule has 0 fully saturated rings. The Morgan fingerprint density at radius 2 is 0.586 bits per heavy atom. The molecule has 70 heavy (non-hydrogen) atoms. The Morgan fingerprint density at radius 3 is 0.871 bits per heavy atom. The van der Waals surface area contributed by atoms with Crippen LogP contribution in [0.3, 0.4) is 0 Å². The maximum atomic E-state index is 12.6. The van der Waals surface area contributed by atoms with Crippen LogP contribution in [0.5, 0.6) is 0 Å². The first-order valence-corrected chi connectivity index (χ1v) is 31.5. The van der Waals surface area contributed by atoms with Crippen LogP contribution in [0.2, 0.25) is 0 Å². The zero-order valence-corrected chi connectivity index (χ0v) is 47.2. The lowest BCUT2D eigenvalue weighted by Gasteiger charge is -2.21. The third-order valence-electron chi connectivity index (χ3n) is 14.6. The number of hydrogen-bond acceptors (Lipinski definition) is 4. The molecule has 0 aromatic rings. The minimum atomic E-state index is -1.11. The van der Waals surface area contributed by atoms with E-state index in [-0.39, 0.29) is 6.61 Å². The predicted octanol–water partition coefficient (Wildman–Crippen LogP) is 20.0. The molecular formula is C65H123NO4. The topological polar surface area (TPSA) is 89.8 Å². The maximum Gasteiger partial charge on any atom is 0.249 e. The molecule has 0 bridgehead atoms. The SMILES string of the molecule is CCCCCCCCCCCC/C=C/CC/C=C/CC/C=C/C(O)C(CO)NC(=O)C(O)CCCCCCCCCCCCCCCCCC/C=C\CCCCCCCCCCCCCCCCCC. The Kier molecular flexibility index (Phi) is 58.4. The summed E-state index contributed by atoms with van der Waals surface area (Å²) < 4.78 is 0. The lowest BCUT2D eigenvalue weighted by atomic mass is 10.0. The molecule has 0 saturated heterocycles. The number of aliphatic hydroxyl groups is 3. The van der Waals surface area contributed by atoms with Gasteiger partial charge in [-0.1, -0.05) is 313 Å². The van der Waals surface area contributed by atoms with Crippen molar-refractivity contribution in [3.05, 3.63) is 48.6 Å². The third kappa shape index (κ3) is 54.1. The zero-order chi connectivity index (χ0) is 50.7. The number of carbonyl (C=O) groups excluding carboxylic acids is 1. The summed E-state index contributed by atoms with van der Waals surface area (Å²) in [6, 6.07) is -0.822. The lowest BCUT2D eigenvalue weighted by Crippen LogP contribution is -2.48. The van der Waals surface area contributed by atoms with E-state index in [4.69, 9.17) is 0 Å². The largest absolute Gasteiger partial charge is 0.394 e. The van der Waals surface area contributed by atoms with E-state index in [1.807, 2.05) is 6.08 Å². The summed E-state index contributed by atoms with van der Waals surface area (Å²) in [5.41, 5.74) is 0. The fraction of sp³-hybridized carbons (Fsp3) is 0.862. The Bertz CT molecular complexity index is 1130. The van der Waals surface area contributed by atoms with Crippen LogP contribution < -0.4 is 5.32 Å². The van der Waals surface area contributed by atoms with E-state index in [9.17, 15) is 20.1 Å². The number of carbonyl (C=O) groups is 1. The smallest absolute Gasteiger partial charge is 0.249 e. The second-order valence-electron chi connectivity index (χ2n) is 21.6. The maximum absolute atomic E-state index is 12.6. The standard InChI is InChI=1S/C65H123NO4/c1-3-5-7-9-11-13-15-17-19-21-23-25-26-27-28-29-30-31-32-33-34-35-36-37-38-39-40-42-44-46-48-50-52-54-56-58-60-64(69)65(70)66-62(61-67)63(68)59-57-55-53-51-49-47-45-43-41-24-22-20-18-16-14-12-10-8-6-4-2/h31-32,41,43,49,51,57,59,62-64,67-69H,3-30,33-40,42,44-48,50,52-56,58,60-61H2,1-2H3,(H,66,70)/b32-31-,43-41+,51-49+,59-57+. The van der Waals surface area contributed by atoms with Gasteiger partial charge in [0.25, 0.3) is 0 Å². The van der Waals surface area contributed by atoms with Crippen molar-refractivity contribution in [1.29, 1.82) is 0 Å². The third-order valence-corrected chi connectivity index (χ3v) is 14.6. The van der Waals surface area contributed by atoms with Gasteiger partial charge in [0, 0.05) is 0 Å². The average Bonchev–Trinajstić information content (AvgIpc) is 3.36. The molecule has 0 aliphatic rings. The first kappa shape index (κ1) is 68.3. The lowest BCUT2D eigenvalue weighted by molar-refractivity contribution is -0.131. The predicted molar refractivity (Wildman–Crippen MR) is 310 cm³/mol. The molecule has 0 aliphatic heterocycles. The van der Waals surface area contributed by atoms with E-state index in [1.54, 1.807) is 6.08 Å². The number of nitrogens with one attached hydrogen (secondary N) is 1. The van der Waals surface area contributed by atoms with Gasteiger partial charge < -0.3 is 20.6 Å². The van der Waals surface area contributed by atoms with Crippen molar-refractivity contribution in [3.63, 3.8) is 0 Å². The van der Waals surface area contributed by atoms with Gasteiger partial charge in [-0.25, -0.2) is 0 Å². The van der Waals surface area contributed by atoms with E-state index >= 15 is 0 Å². The summed E-state index contributed by atoms with van der Waals surface area (Å²) in [6.07, 6.45) is 80.9. The summed E-state index contributed by atoms with van der Waals surface area (Å²) in [5.74, 6) is -0.513. The van der Waals surface area contributed by atoms with Crippen molar-refractivity contribution < 1.29 is 20.1 Å². The van der Waals surface area contributed by atoms with Crippen LogP contribution in [0.25, 0.3) is 0 Å². The summed E-state index contributed by atoms with van der Waals surface area (Å²) in [5, 5.41) is 33.4. The van der Waals surface area contributed by atoms with Gasteiger partial charge in [0.2, 0.25) is 5.91 Å². The highest BCUT2D eigenvalue weighted by atomic mass is 16.3. The number of hydrogen-bond donors (Lipinski definition) is 4. The Balaban J connectivity index is 3.53. The molecule has 5 heteroatoms. The van der Waals surface area contributed by atoms with Gasteiger partial charge in [-0.2, -0.15) is 0 Å². The van der Waals surface area contributed by atoms with E-state index in [0.717, 1.165) is 44.9 Å². The fourth-order valence-corrected chi connectivity index (χ4v) is 9.75. The molecule has 5 nitrogen and oxygen atoms in total. The Labute approximate surface area is 437 Å². The fourth-order valence-electron chi connectivity index (χ4n) is 9.75. The zero-order valence-electron chi connectivity index (χ0n) is 47.2. The van der Waals surface area contributed by atoms with Crippen LogP contribution >= 0.6 is 0 Å². The Hall–Kier alpha value is -1.69. The first-order chi connectivity index (χ1) is 34.6. The number of unbranched alkanes of at least 4 members (excludes halogenated alkanes) is 44. The first-order valence-electron chi connectivity index (χ1n) is 31.5. The number of rotatable bonds is 58. The van der Waals surface area contributed by atoms with Gasteiger partial charge in [0.05, 0.1) is 18.8 Å². The minimum absolute atomic E-state index is 0.380. The molecule has 0 heterocycles. The number of amides is 1. The monoisotopic (exact) mass is 982 g/mol. The second-order valence-corrected chi connectivity index (χ2v) is 21.6. The Morgan fingerprint density at radius 1 is 0.343 bits per heavy atom. The molecule has 3 unspecified atom stereocenters. The molecule has 0 aromatic heterocycles. The summed E-state index contributed by atoms with van der Waals surface area (Å²) in [4.78, 5) is 12.6. The van der Waals surface area contributed by atoms with Gasteiger partial charge in [-0.05, 0) is 70.6 Å². The molecule has 0 radical (unpaired) electrons. The van der Waals surface area contributed by atoms with Crippen LogP contribution in [-0.2, 0) is 4.79 Å². The molecule has 412 valence electrons. The van der Waals surface area contributed by atoms with E-state index < -0.39 is 24.2 Å². The van der Waals surface area contributed by atoms with Crippen molar-refractivity contribution in [2.45, 2.75) is 353 Å². The average molecular weight is 983 g/mol. The van der Waals surface area contributed by atoms with Crippen molar-refractivity contribution >= 4 is 5.91 Å². The van der Waals surface area contributed by atoms with Crippen LogP contribution in [0.15, 0.2) is 48.6 Å². The summed E-state index contributed by atoms with van der Waals surface area (Å²) in [7, 11) is 0. The van der Waals surface area contributed by atoms with Crippen LogP contribution in [-0.4, -0.2) is 46.1 Å². The molecule has 0 aliphatic carbocycles. The van der Waals surface area contributed by atoms with Crippen molar-refractivity contribution in [3.8, 4) is 0 Å².